The third-order valence-electron chi connectivity index (χ3n) is 22.0. The summed E-state index contributed by atoms with van der Waals surface area (Å²) >= 11 is 0. The van der Waals surface area contributed by atoms with Crippen LogP contribution in [0.5, 0.6) is 0 Å². The molecule has 0 aromatic rings. The topological polar surface area (TPSA) is 877 Å². The van der Waals surface area contributed by atoms with Gasteiger partial charge in [-0.3, -0.25) is 0 Å². The zero-order valence-corrected chi connectivity index (χ0v) is 97.9. The second kappa shape index (κ2) is 68.0. The molecule has 70 heteroatoms. The Morgan fingerprint density at radius 3 is 0.357 bits per heavy atom. The first kappa shape index (κ1) is 143. The van der Waals surface area contributed by atoms with Crippen molar-refractivity contribution >= 4 is 70.8 Å². The molecule has 21 aliphatic rings. The normalized spacial score (nSPS) is 36.0. The number of hydrogen-bond acceptors (Lipinski definition) is 56. The van der Waals surface area contributed by atoms with Crippen molar-refractivity contribution in [1.29, 1.82) is 0 Å². The van der Waals surface area contributed by atoms with Crippen molar-refractivity contribution < 1.29 is 469 Å². The predicted molar refractivity (Wildman–Crippen MR) is 421 cm³/mol. The average molecular weight is 2240 g/mol. The van der Waals surface area contributed by atoms with E-state index in [1.165, 1.54) is 0 Å². The zero-order valence-electron chi connectivity index (χ0n) is 78.2. The van der Waals surface area contributed by atoms with E-state index < -0.39 is 419 Å². The zero-order chi connectivity index (χ0) is 98.3. The summed E-state index contributed by atoms with van der Waals surface area (Å²) in [6, 6.07) is 0. The first-order valence-corrected chi connectivity index (χ1v) is 53.5. The van der Waals surface area contributed by atoms with Gasteiger partial charge < -0.3 is 203 Å². The van der Waals surface area contributed by atoms with Gasteiger partial charge in [0.25, 0.3) is 0 Å². The molecule has 0 unspecified atom stereocenters. The fraction of sp³-hybridized carbons (Fsp3) is 1.00. The number of aliphatic hydroxyl groups is 14. The van der Waals surface area contributed by atoms with Crippen LogP contribution in [0, 0.1) is 0 Å². The van der Waals surface area contributed by atoms with Gasteiger partial charge in [-0.05, 0) is 89.9 Å². The summed E-state index contributed by atoms with van der Waals surface area (Å²) in [4.78, 5) is 0. The number of rotatable bonds is 49. The van der Waals surface area contributed by atoms with Crippen molar-refractivity contribution in [3.8, 4) is 0 Å². The molecule has 56 nitrogen and oxygen atoms in total. The maximum absolute atomic E-state index is 12.3. The molecule has 140 heavy (non-hydrogen) atoms. The maximum Gasteiger partial charge on any atom is 1.00 e. The summed E-state index contributed by atoms with van der Waals surface area (Å²) in [5.41, 5.74) is 0. The molecule has 0 spiro atoms. The third-order valence-corrected chi connectivity index (χ3v) is 27.6. The first-order valence-electron chi connectivity index (χ1n) is 42.5. The molecule has 784 valence electrons. The SMILES string of the molecule is O=S(=O)([O-])CCCCOC[C@H]1O[C@@H]2O[C@H]3[C@H](O)[C@@H](O)[C@@H](O[C@H]4[C@H](O)[C@@H](O)[C@@H](O[C@H]5[C@H](O)[C@@H](O)[C@@H](O[C@H]6[C@H](O)[C@@H](O)[C@@H](O[C@H]7[C@H](O)[C@@H](O)[C@@H](O[C@H]8[C@H](O)[C@@H](O)[C@@H](O[C@H]1[C@H](O)[C@H]2O)O[C@@H]8COCCCCS(=O)(=O)[O-])O[C@@H]7COCCCCS(=O)(=O)[O-])O[C@@H]6COCCCCS(=O)(=O)[O-])O[C@@H]5COCCCCS(=O)(=O)[O-])O[C@@H]4COCCCCS(=O)(=O)[O-])O[C@@H]3COCCCCS(=O)(=O)[O-].[Na+].[Na+].[Na+].[Na+].[Na+].[Na+].[Na+]. The van der Waals surface area contributed by atoms with Crippen LogP contribution in [0.25, 0.3) is 0 Å². The smallest absolute Gasteiger partial charge is 0.748 e. The van der Waals surface area contributed by atoms with Crippen molar-refractivity contribution in [2.24, 2.45) is 0 Å². The van der Waals surface area contributed by atoms with E-state index in [4.69, 9.17) is 99.5 Å². The number of unbranched alkanes of at least 4 members (excludes halogenated alkanes) is 7. The van der Waals surface area contributed by atoms with Gasteiger partial charge in [0.15, 0.2) is 44.0 Å². The molecule has 21 saturated heterocycles. The molecule has 0 aliphatic carbocycles. The van der Waals surface area contributed by atoms with Gasteiger partial charge in [0, 0.05) is 86.5 Å². The Labute approximate surface area is 965 Å². The summed E-state index contributed by atoms with van der Waals surface area (Å²) in [5.74, 6) is -6.14. The molecule has 0 amide bonds. The van der Waals surface area contributed by atoms with Gasteiger partial charge in [0.1, 0.15) is 171 Å². The summed E-state index contributed by atoms with van der Waals surface area (Å²) in [7, 11) is -33.4. The van der Waals surface area contributed by atoms with Crippen molar-refractivity contribution in [1.82, 2.24) is 0 Å². The summed E-state index contributed by atoms with van der Waals surface area (Å²) < 4.78 is 369. The Kier molecular flexibility index (Phi) is 69.5. The minimum atomic E-state index is -4.78. The van der Waals surface area contributed by atoms with Crippen LogP contribution < -0.4 is 207 Å². The molecule has 0 aromatic carbocycles. The van der Waals surface area contributed by atoms with E-state index in [-0.39, 0.29) is 297 Å². The fourth-order valence-corrected chi connectivity index (χ4v) is 19.0. The maximum atomic E-state index is 12.3. The standard InChI is InChI=1S/C70H126O56S7.7Na/c71-43-50(78)64-113-36(29-106-15-1-8-22-127(85,86)87)57(43)120-65-51(79)44(72)59(38(114-65)31-108-17-3-10-24-129(91,92)93)122-67-53(81)46(74)61(40(116-67)33-110-19-5-12-26-131(97,98)99)124-69-55(83)48(76)63(42(118-69)35-112-21-7-14-28-133(103,104)105)126-70-56(84)49(77)62(41(119-70)34-111-20-6-13-27-132(100,101)102)125-68-54(82)47(75)60(39(117-68)32-109-18-4-11-25-130(94,95)96)123-66-52(80)45(73)58(121-64)37(115-66)30-107-16-2-9-23-128(88,89)90;;;;;;;/h36-84H,1-35H2,(H,85,86,87)(H,88,89,90)(H,91,92,93)(H,94,95,96)(H,97,98,99)(H,100,101,102)(H,103,104,105);;;;;;;/q;7*+1/p-7/t36-,37-,38-,39-,40-,41-,42-,43-,44-,45-,46-,47-,48-,49-,50-,51-,52-,53-,54-,55-,56-,57-,58-,59-,60-,61-,62-,63-,64-,65-,66-,67-,68-,69-,70-;;;;;;;/m1......./s1. The average Bonchev–Trinajstić information content (AvgIpc) is 0.796. The van der Waals surface area contributed by atoms with E-state index in [9.17, 15) is 162 Å². The Morgan fingerprint density at radius 1 is 0.164 bits per heavy atom. The molecule has 35 atom stereocenters. The molecule has 21 aliphatic heterocycles. The Hall–Kier alpha value is 4.97. The van der Waals surface area contributed by atoms with E-state index >= 15 is 0 Å². The van der Waals surface area contributed by atoms with Gasteiger partial charge in [0.05, 0.1) is 117 Å². The second-order valence-corrected chi connectivity index (χ2v) is 43.3. The van der Waals surface area contributed by atoms with Crippen molar-refractivity contribution in [2.75, 3.05) is 133 Å². The van der Waals surface area contributed by atoms with Crippen molar-refractivity contribution in [3.05, 3.63) is 0 Å². The Morgan fingerprint density at radius 2 is 0.264 bits per heavy atom. The van der Waals surface area contributed by atoms with Gasteiger partial charge >= 0.3 is 207 Å². The molecule has 0 aromatic heterocycles. The van der Waals surface area contributed by atoms with Crippen LogP contribution >= 0.6 is 0 Å². The summed E-state index contributed by atoms with van der Waals surface area (Å²) in [6.07, 6.45) is -82.0. The van der Waals surface area contributed by atoms with Gasteiger partial charge in [-0.1, -0.05) is 0 Å². The molecule has 21 rings (SSSR count). The van der Waals surface area contributed by atoms with Gasteiger partial charge in [-0.2, -0.15) is 0 Å². The van der Waals surface area contributed by atoms with Crippen LogP contribution in [-0.4, -0.2) is 510 Å². The summed E-state index contributed by atoms with van der Waals surface area (Å²) in [5, 5.41) is 171. The molecule has 0 radical (unpaired) electrons. The largest absolute Gasteiger partial charge is 1.00 e. The molecule has 21 fully saturated rings. The summed E-state index contributed by atoms with van der Waals surface area (Å²) in [6.45, 7) is -8.85. The Balaban J connectivity index is 0.0000140. The molecule has 14 N–H and O–H groups in total. The first-order chi connectivity index (χ1) is 62.2. The van der Waals surface area contributed by atoms with E-state index in [0.717, 1.165) is 0 Å². The molecule has 14 bridgehead atoms. The van der Waals surface area contributed by atoms with E-state index in [2.05, 4.69) is 0 Å². The van der Waals surface area contributed by atoms with Gasteiger partial charge in [-0.15, -0.1) is 0 Å². The van der Waals surface area contributed by atoms with E-state index in [1.807, 2.05) is 0 Å². The third kappa shape index (κ3) is 48.8. The Bertz CT molecular complexity index is 3560. The van der Waals surface area contributed by atoms with Crippen molar-refractivity contribution in [2.45, 2.75) is 305 Å². The molecular formula is C70H119Na7O56S7. The molecule has 21 heterocycles. The van der Waals surface area contributed by atoms with Gasteiger partial charge in [-0.25, -0.2) is 58.9 Å². The monoisotopic (exact) mass is 2240 g/mol. The van der Waals surface area contributed by atoms with Gasteiger partial charge in [0.2, 0.25) is 0 Å². The van der Waals surface area contributed by atoms with E-state index in [1.54, 1.807) is 0 Å². The quantitative estimate of drug-likeness (QED) is 0.0153. The van der Waals surface area contributed by atoms with Crippen LogP contribution in [0.1, 0.15) is 89.9 Å². The molecular weight excluding hydrogens is 2120 g/mol. The second-order valence-electron chi connectivity index (χ2n) is 32.7. The minimum absolute atomic E-state index is 0. The van der Waals surface area contributed by atoms with Crippen LogP contribution in [0.3, 0.4) is 0 Å². The van der Waals surface area contributed by atoms with Crippen LogP contribution in [0.15, 0.2) is 0 Å². The predicted octanol–water partition coefficient (Wildman–Crippen LogP) is -33.8. The van der Waals surface area contributed by atoms with Crippen LogP contribution in [0.4, 0.5) is 0 Å². The number of hydrogen-bond donors (Lipinski definition) is 14. The minimum Gasteiger partial charge on any atom is -0.748 e. The van der Waals surface area contributed by atoms with E-state index in [0.29, 0.717) is 0 Å². The van der Waals surface area contributed by atoms with Crippen LogP contribution in [-0.2, 0) is 170 Å². The number of ether oxygens (including phenoxy) is 21. The van der Waals surface area contributed by atoms with Crippen molar-refractivity contribution in [3.63, 3.8) is 0 Å². The number of aliphatic hydroxyl groups excluding tert-OH is 14. The fourth-order valence-electron chi connectivity index (χ4n) is 15.1. The molecule has 0 saturated carbocycles. The van der Waals surface area contributed by atoms with Crippen LogP contribution in [0.2, 0.25) is 0 Å².